The number of aryl methyl sites for hydroxylation is 1. The smallest absolute Gasteiger partial charge is 0.264 e. The molecular weight excluding hydrogens is 388 g/mol. The molecule has 0 saturated heterocycles. The maximum absolute atomic E-state index is 13.3. The van der Waals surface area contributed by atoms with Crippen LogP contribution in [0.3, 0.4) is 0 Å². The fraction of sp³-hybridized carbons (Fsp3) is 0.227. The minimum Gasteiger partial charge on any atom is -0.467 e. The quantitative estimate of drug-likeness (QED) is 0.643. The van der Waals surface area contributed by atoms with Crippen LogP contribution in [0.25, 0.3) is 0 Å². The van der Waals surface area contributed by atoms with Gasteiger partial charge in [0.15, 0.2) is 0 Å². The van der Waals surface area contributed by atoms with Gasteiger partial charge in [-0.2, -0.15) is 0 Å². The Labute approximate surface area is 170 Å². The van der Waals surface area contributed by atoms with E-state index in [2.05, 4.69) is 0 Å². The highest BCUT2D eigenvalue weighted by Gasteiger charge is 2.29. The number of carbonyl (C=O) groups is 1. The summed E-state index contributed by atoms with van der Waals surface area (Å²) in [5.41, 5.74) is 2.06. The highest BCUT2D eigenvalue weighted by atomic mass is 32.2. The minimum atomic E-state index is -3.76. The summed E-state index contributed by atoms with van der Waals surface area (Å²) < 4.78 is 33.4. The highest BCUT2D eigenvalue weighted by molar-refractivity contribution is 7.92. The second-order valence-electron chi connectivity index (χ2n) is 7.08. The number of benzene rings is 2. The summed E-state index contributed by atoms with van der Waals surface area (Å²) >= 11 is 0. The van der Waals surface area contributed by atoms with Crippen LogP contribution in [-0.2, 0) is 23.0 Å². The van der Waals surface area contributed by atoms with Crippen LogP contribution in [0.15, 0.2) is 76.2 Å². The van der Waals surface area contributed by atoms with Crippen molar-refractivity contribution in [2.24, 2.45) is 0 Å². The lowest BCUT2D eigenvalue weighted by Gasteiger charge is -2.30. The summed E-state index contributed by atoms with van der Waals surface area (Å²) in [7, 11) is -2.10. The van der Waals surface area contributed by atoms with E-state index < -0.39 is 10.0 Å². The van der Waals surface area contributed by atoms with Gasteiger partial charge in [0.05, 0.1) is 23.4 Å². The Morgan fingerprint density at radius 2 is 1.93 bits per heavy atom. The van der Waals surface area contributed by atoms with Crippen molar-refractivity contribution >= 4 is 21.6 Å². The molecule has 4 rings (SSSR count). The summed E-state index contributed by atoms with van der Waals surface area (Å²) in [6, 6.07) is 17.3. The first-order valence-corrected chi connectivity index (χ1v) is 10.9. The number of amides is 1. The lowest BCUT2D eigenvalue weighted by atomic mass is 10.0. The van der Waals surface area contributed by atoms with Gasteiger partial charge < -0.3 is 9.32 Å². The van der Waals surface area contributed by atoms with Crippen LogP contribution in [-0.4, -0.2) is 32.8 Å². The zero-order valence-electron chi connectivity index (χ0n) is 16.1. The molecule has 0 unspecified atom stereocenters. The molecule has 1 aromatic heterocycles. The van der Waals surface area contributed by atoms with Crippen LogP contribution in [0.1, 0.15) is 28.1 Å². The third-order valence-corrected chi connectivity index (χ3v) is 6.87. The van der Waals surface area contributed by atoms with Gasteiger partial charge in [-0.15, -0.1) is 0 Å². The Kier molecular flexibility index (Phi) is 5.15. The minimum absolute atomic E-state index is 0.117. The number of rotatable bonds is 5. The number of hydrogen-bond acceptors (Lipinski definition) is 4. The normalized spacial score (nSPS) is 13.8. The number of anilines is 1. The maximum atomic E-state index is 13.3. The molecule has 0 N–H and O–H groups in total. The van der Waals surface area contributed by atoms with Gasteiger partial charge in [0, 0.05) is 19.2 Å². The molecule has 6 nitrogen and oxygen atoms in total. The van der Waals surface area contributed by atoms with Crippen molar-refractivity contribution in [1.82, 2.24) is 4.90 Å². The molecule has 0 radical (unpaired) electrons. The number of sulfonamides is 1. The number of fused-ring (bicyclic) bond motifs is 1. The van der Waals surface area contributed by atoms with E-state index in [0.29, 0.717) is 30.1 Å². The molecule has 2 aromatic carbocycles. The average Bonchev–Trinajstić information content (AvgIpc) is 3.25. The van der Waals surface area contributed by atoms with Gasteiger partial charge in [-0.05, 0) is 54.8 Å². The van der Waals surface area contributed by atoms with Crippen LogP contribution in [0, 0.1) is 0 Å². The zero-order valence-corrected chi connectivity index (χ0v) is 16.9. The Balaban J connectivity index is 1.62. The van der Waals surface area contributed by atoms with Crippen LogP contribution in [0.5, 0.6) is 0 Å². The van der Waals surface area contributed by atoms with E-state index in [1.807, 2.05) is 24.3 Å². The molecule has 1 aliphatic rings. The molecule has 29 heavy (non-hydrogen) atoms. The molecule has 0 saturated carbocycles. The van der Waals surface area contributed by atoms with Gasteiger partial charge in [0.1, 0.15) is 5.76 Å². The Morgan fingerprint density at radius 1 is 1.10 bits per heavy atom. The van der Waals surface area contributed by atoms with E-state index in [1.165, 1.54) is 21.3 Å². The summed E-state index contributed by atoms with van der Waals surface area (Å²) in [4.78, 5) is 14.4. The third-order valence-electron chi connectivity index (χ3n) is 5.06. The first kappa shape index (κ1) is 19.3. The number of nitrogens with zero attached hydrogens (tertiary/aromatic N) is 2. The molecule has 0 fully saturated rings. The van der Waals surface area contributed by atoms with Crippen LogP contribution < -0.4 is 4.31 Å². The van der Waals surface area contributed by atoms with Crippen molar-refractivity contribution < 1.29 is 17.6 Å². The summed E-state index contributed by atoms with van der Waals surface area (Å²) in [6.45, 7) is 0.734. The topological polar surface area (TPSA) is 70.8 Å². The SMILES string of the molecule is CN(Cc1ccco1)C(=O)c1cccc(S(=O)(=O)N2CCCc3ccccc32)c1. The van der Waals surface area contributed by atoms with Crippen LogP contribution in [0.4, 0.5) is 5.69 Å². The fourth-order valence-corrected chi connectivity index (χ4v) is 5.18. The van der Waals surface area contributed by atoms with Crippen molar-refractivity contribution in [3.8, 4) is 0 Å². The molecule has 0 bridgehead atoms. The van der Waals surface area contributed by atoms with Crippen molar-refractivity contribution in [1.29, 1.82) is 0 Å². The predicted octanol–water partition coefficient (Wildman–Crippen LogP) is 3.69. The monoisotopic (exact) mass is 410 g/mol. The second kappa shape index (κ2) is 7.75. The Morgan fingerprint density at radius 3 is 2.72 bits per heavy atom. The fourth-order valence-electron chi connectivity index (χ4n) is 3.59. The van der Waals surface area contributed by atoms with E-state index in [9.17, 15) is 13.2 Å². The Hall–Kier alpha value is -3.06. The third kappa shape index (κ3) is 3.78. The van der Waals surface area contributed by atoms with E-state index >= 15 is 0 Å². The summed E-state index contributed by atoms with van der Waals surface area (Å²) in [5.74, 6) is 0.395. The summed E-state index contributed by atoms with van der Waals surface area (Å²) in [5, 5.41) is 0. The predicted molar refractivity (Wildman–Crippen MR) is 110 cm³/mol. The molecule has 150 valence electrons. The van der Waals surface area contributed by atoms with Gasteiger partial charge in [-0.3, -0.25) is 9.10 Å². The van der Waals surface area contributed by atoms with E-state index in [1.54, 1.807) is 37.6 Å². The van der Waals surface area contributed by atoms with Crippen molar-refractivity contribution in [2.75, 3.05) is 17.9 Å². The molecule has 0 spiro atoms. The van der Waals surface area contributed by atoms with Gasteiger partial charge in [-0.1, -0.05) is 24.3 Å². The Bertz CT molecular complexity index is 1120. The van der Waals surface area contributed by atoms with E-state index in [4.69, 9.17) is 4.42 Å². The first-order chi connectivity index (χ1) is 14.0. The number of para-hydroxylation sites is 1. The highest BCUT2D eigenvalue weighted by Crippen LogP contribution is 2.32. The molecule has 0 aliphatic carbocycles. The first-order valence-electron chi connectivity index (χ1n) is 9.45. The number of furan rings is 1. The lowest BCUT2D eigenvalue weighted by molar-refractivity contribution is 0.0775. The van der Waals surface area contributed by atoms with Crippen molar-refractivity contribution in [3.63, 3.8) is 0 Å². The number of carbonyl (C=O) groups excluding carboxylic acids is 1. The van der Waals surface area contributed by atoms with Gasteiger partial charge in [-0.25, -0.2) is 8.42 Å². The lowest BCUT2D eigenvalue weighted by Crippen LogP contribution is -2.35. The van der Waals surface area contributed by atoms with Gasteiger partial charge in [0.2, 0.25) is 0 Å². The number of hydrogen-bond donors (Lipinski definition) is 0. The molecular formula is C22H22N2O4S. The molecule has 7 heteroatoms. The van der Waals surface area contributed by atoms with E-state index in [0.717, 1.165) is 18.4 Å². The van der Waals surface area contributed by atoms with Crippen molar-refractivity contribution in [2.45, 2.75) is 24.3 Å². The molecule has 0 atom stereocenters. The molecule has 2 heterocycles. The second-order valence-corrected chi connectivity index (χ2v) is 8.94. The zero-order chi connectivity index (χ0) is 20.4. The summed E-state index contributed by atoms with van der Waals surface area (Å²) in [6.07, 6.45) is 3.18. The molecule has 1 aliphatic heterocycles. The maximum Gasteiger partial charge on any atom is 0.264 e. The van der Waals surface area contributed by atoms with Crippen molar-refractivity contribution in [3.05, 3.63) is 83.8 Å². The molecule has 1 amide bonds. The largest absolute Gasteiger partial charge is 0.467 e. The molecule has 3 aromatic rings. The van der Waals surface area contributed by atoms with E-state index in [-0.39, 0.29) is 10.8 Å². The van der Waals surface area contributed by atoms with Gasteiger partial charge in [0.25, 0.3) is 15.9 Å². The van der Waals surface area contributed by atoms with Crippen LogP contribution in [0.2, 0.25) is 0 Å². The average molecular weight is 410 g/mol. The van der Waals surface area contributed by atoms with Gasteiger partial charge >= 0.3 is 0 Å². The van der Waals surface area contributed by atoms with Crippen LogP contribution >= 0.6 is 0 Å². The standard InChI is InChI=1S/C22H22N2O4S/c1-23(16-19-10-6-14-28-19)22(25)18-8-4-11-20(15-18)29(26,27)24-13-5-9-17-7-2-3-12-21(17)24/h2-4,6-8,10-12,14-15H,5,9,13,16H2,1H3.